The van der Waals surface area contributed by atoms with E-state index in [1.807, 2.05) is 20.8 Å². The van der Waals surface area contributed by atoms with E-state index in [0.29, 0.717) is 18.9 Å². The number of alkyl halides is 3. The summed E-state index contributed by atoms with van der Waals surface area (Å²) < 4.78 is 44.4. The average molecular weight is 427 g/mol. The van der Waals surface area contributed by atoms with Crippen molar-refractivity contribution in [1.82, 2.24) is 0 Å². The number of halogens is 3. The third kappa shape index (κ3) is 14.4. The van der Waals surface area contributed by atoms with E-state index in [1.54, 1.807) is 20.8 Å². The predicted octanol–water partition coefficient (Wildman–Crippen LogP) is 6.71. The van der Waals surface area contributed by atoms with Crippen LogP contribution in [0.2, 0.25) is 0 Å². The van der Waals surface area contributed by atoms with Gasteiger partial charge in [-0.25, -0.2) is 0 Å². The van der Waals surface area contributed by atoms with Crippen molar-refractivity contribution in [2.45, 2.75) is 100 Å². The first-order valence-electron chi connectivity index (χ1n) is 10.6. The Morgan fingerprint density at radius 3 is 1.62 bits per heavy atom. The summed E-state index contributed by atoms with van der Waals surface area (Å²) in [5, 5.41) is 0. The summed E-state index contributed by atoms with van der Waals surface area (Å²) in [5.41, 5.74) is -1.17. The second kappa shape index (κ2) is 13.9. The zero-order valence-electron chi connectivity index (χ0n) is 19.5. The van der Waals surface area contributed by atoms with Gasteiger partial charge in [0.15, 0.2) is 6.61 Å². The topological polar surface area (TPSA) is 52.6 Å². The molecule has 1 atom stereocenters. The maximum Gasteiger partial charge on any atom is 0.422 e. The fourth-order valence-electron chi connectivity index (χ4n) is 1.92. The highest BCUT2D eigenvalue weighted by Gasteiger charge is 2.34. The SMILES string of the molecule is CCC(C)(C)C(=O)OCC(F)(F)F.CCCCC(CC)COC(=O)C(C)(C)CC. The molecule has 0 saturated carbocycles. The molecule has 0 bridgehead atoms. The van der Waals surface area contributed by atoms with Gasteiger partial charge in [-0.3, -0.25) is 9.59 Å². The molecule has 0 N–H and O–H groups in total. The summed E-state index contributed by atoms with van der Waals surface area (Å²) in [4.78, 5) is 22.8. The van der Waals surface area contributed by atoms with E-state index in [-0.39, 0.29) is 11.4 Å². The molecule has 0 rings (SSSR count). The van der Waals surface area contributed by atoms with Crippen LogP contribution >= 0.6 is 0 Å². The number of rotatable bonds is 11. The highest BCUT2D eigenvalue weighted by atomic mass is 19.4. The van der Waals surface area contributed by atoms with Gasteiger partial charge in [-0.2, -0.15) is 13.2 Å². The summed E-state index contributed by atoms with van der Waals surface area (Å²) in [7, 11) is 0. The lowest BCUT2D eigenvalue weighted by molar-refractivity contribution is -0.192. The summed E-state index contributed by atoms with van der Waals surface area (Å²) in [5.74, 6) is -0.325. The van der Waals surface area contributed by atoms with Gasteiger partial charge in [0.25, 0.3) is 0 Å². The first-order chi connectivity index (χ1) is 13.2. The van der Waals surface area contributed by atoms with Crippen molar-refractivity contribution in [2.24, 2.45) is 16.7 Å². The van der Waals surface area contributed by atoms with E-state index >= 15 is 0 Å². The lowest BCUT2D eigenvalue weighted by Gasteiger charge is -2.22. The van der Waals surface area contributed by atoms with Crippen molar-refractivity contribution in [3.8, 4) is 0 Å². The molecular weight excluding hydrogens is 385 g/mol. The Balaban J connectivity index is 0. The predicted molar refractivity (Wildman–Crippen MR) is 109 cm³/mol. The van der Waals surface area contributed by atoms with Crippen LogP contribution in [0, 0.1) is 16.7 Å². The molecule has 0 radical (unpaired) electrons. The molecule has 0 aromatic rings. The largest absolute Gasteiger partial charge is 0.465 e. The van der Waals surface area contributed by atoms with E-state index in [1.165, 1.54) is 19.3 Å². The fraction of sp³-hybridized carbons (Fsp3) is 0.909. The van der Waals surface area contributed by atoms with Crippen LogP contribution in [0.25, 0.3) is 0 Å². The molecule has 0 aromatic carbocycles. The van der Waals surface area contributed by atoms with Crippen molar-refractivity contribution >= 4 is 11.9 Å². The number of hydrogen-bond acceptors (Lipinski definition) is 4. The van der Waals surface area contributed by atoms with Crippen molar-refractivity contribution in [2.75, 3.05) is 13.2 Å². The minimum Gasteiger partial charge on any atom is -0.465 e. The molecule has 0 heterocycles. The number of carbonyl (C=O) groups excluding carboxylic acids is 2. The van der Waals surface area contributed by atoms with E-state index in [0.717, 1.165) is 12.8 Å². The zero-order chi connectivity index (χ0) is 23.3. The van der Waals surface area contributed by atoms with Crippen LogP contribution in [-0.4, -0.2) is 31.3 Å². The molecule has 0 amide bonds. The van der Waals surface area contributed by atoms with Crippen LogP contribution in [0.5, 0.6) is 0 Å². The lowest BCUT2D eigenvalue weighted by atomic mass is 9.90. The summed E-state index contributed by atoms with van der Waals surface area (Å²) in [6, 6.07) is 0. The molecule has 0 fully saturated rings. The minimum absolute atomic E-state index is 0.0510. The van der Waals surface area contributed by atoms with Gasteiger partial charge in [-0.05, 0) is 52.9 Å². The molecule has 174 valence electrons. The van der Waals surface area contributed by atoms with Gasteiger partial charge in [0.2, 0.25) is 0 Å². The van der Waals surface area contributed by atoms with Crippen LogP contribution in [0.15, 0.2) is 0 Å². The van der Waals surface area contributed by atoms with Gasteiger partial charge in [-0.1, -0.05) is 47.0 Å². The quantitative estimate of drug-likeness (QED) is 0.345. The van der Waals surface area contributed by atoms with Crippen molar-refractivity contribution in [3.05, 3.63) is 0 Å². The van der Waals surface area contributed by atoms with Crippen molar-refractivity contribution in [1.29, 1.82) is 0 Å². The Kier molecular flexibility index (Phi) is 14.3. The monoisotopic (exact) mass is 426 g/mol. The Morgan fingerprint density at radius 2 is 1.28 bits per heavy atom. The molecule has 0 aliphatic carbocycles. The maximum absolute atomic E-state index is 11.8. The van der Waals surface area contributed by atoms with Crippen molar-refractivity contribution in [3.63, 3.8) is 0 Å². The minimum atomic E-state index is -4.44. The second-order valence-electron chi connectivity index (χ2n) is 8.68. The van der Waals surface area contributed by atoms with Gasteiger partial charge in [0.05, 0.1) is 17.4 Å². The molecular formula is C22H41F3O4. The summed E-state index contributed by atoms with van der Waals surface area (Å²) in [6.07, 6.45) is 1.55. The Bertz CT molecular complexity index is 471. The Morgan fingerprint density at radius 1 is 0.828 bits per heavy atom. The first kappa shape index (κ1) is 29.9. The van der Waals surface area contributed by atoms with Gasteiger partial charge in [-0.15, -0.1) is 0 Å². The van der Waals surface area contributed by atoms with Crippen LogP contribution < -0.4 is 0 Å². The summed E-state index contributed by atoms with van der Waals surface area (Å²) in [6.45, 7) is 14.2. The number of ether oxygens (including phenoxy) is 2. The average Bonchev–Trinajstić information content (AvgIpc) is 2.65. The molecule has 0 saturated heterocycles. The van der Waals surface area contributed by atoms with Crippen LogP contribution in [0.3, 0.4) is 0 Å². The number of esters is 2. The van der Waals surface area contributed by atoms with Crippen LogP contribution in [0.1, 0.15) is 93.9 Å². The third-order valence-corrected chi connectivity index (χ3v) is 5.23. The highest BCUT2D eigenvalue weighted by Crippen LogP contribution is 2.24. The molecule has 4 nitrogen and oxygen atoms in total. The number of carbonyl (C=O) groups is 2. The van der Waals surface area contributed by atoms with Crippen LogP contribution in [0.4, 0.5) is 13.2 Å². The Hall–Kier alpha value is -1.27. The molecule has 0 aromatic heterocycles. The second-order valence-corrected chi connectivity index (χ2v) is 8.68. The zero-order valence-corrected chi connectivity index (χ0v) is 19.5. The number of unbranched alkanes of at least 4 members (excludes halogenated alkanes) is 1. The van der Waals surface area contributed by atoms with E-state index < -0.39 is 24.2 Å². The summed E-state index contributed by atoms with van der Waals surface area (Å²) >= 11 is 0. The van der Waals surface area contributed by atoms with Gasteiger partial charge < -0.3 is 9.47 Å². The lowest BCUT2D eigenvalue weighted by Crippen LogP contribution is -2.29. The van der Waals surface area contributed by atoms with E-state index in [2.05, 4.69) is 18.6 Å². The molecule has 0 aliphatic heterocycles. The molecule has 29 heavy (non-hydrogen) atoms. The first-order valence-corrected chi connectivity index (χ1v) is 10.6. The smallest absolute Gasteiger partial charge is 0.422 e. The van der Waals surface area contributed by atoms with Crippen LogP contribution in [-0.2, 0) is 19.1 Å². The molecule has 1 unspecified atom stereocenters. The normalized spacial score (nSPS) is 13.2. The fourth-order valence-corrected chi connectivity index (χ4v) is 1.92. The van der Waals surface area contributed by atoms with E-state index in [9.17, 15) is 22.8 Å². The third-order valence-electron chi connectivity index (χ3n) is 5.23. The Labute approximate surface area is 174 Å². The standard InChI is InChI=1S/C14H28O2.C8H13F3O2/c1-6-9-10-12(7-2)11-16-13(15)14(4,5)8-3;1-4-7(2,3)6(12)13-5-8(9,10)11/h12H,6-11H2,1-5H3;4-5H2,1-3H3. The molecule has 0 aliphatic rings. The van der Waals surface area contributed by atoms with Gasteiger partial charge in [0.1, 0.15) is 0 Å². The van der Waals surface area contributed by atoms with E-state index in [4.69, 9.17) is 4.74 Å². The molecule has 0 spiro atoms. The van der Waals surface area contributed by atoms with Gasteiger partial charge >= 0.3 is 18.1 Å². The molecule has 7 heteroatoms. The maximum atomic E-state index is 11.8. The number of hydrogen-bond donors (Lipinski definition) is 0. The highest BCUT2D eigenvalue weighted by molar-refractivity contribution is 5.76. The van der Waals surface area contributed by atoms with Crippen molar-refractivity contribution < 1.29 is 32.2 Å². The van der Waals surface area contributed by atoms with Gasteiger partial charge in [0, 0.05) is 0 Å².